The van der Waals surface area contributed by atoms with Crippen molar-refractivity contribution in [2.24, 2.45) is 0 Å². The number of aromatic nitrogens is 4. The average molecular weight is 252 g/mol. The minimum absolute atomic E-state index is 0.0673. The number of hydrogen-bond acceptors (Lipinski definition) is 5. The number of carbonyl (C=O) groups is 1. The largest absolute Gasteiger partial charge is 0.368 e. The van der Waals surface area contributed by atoms with Gasteiger partial charge in [-0.2, -0.15) is 10.1 Å². The quantitative estimate of drug-likeness (QED) is 0.656. The lowest BCUT2D eigenvalue weighted by molar-refractivity contribution is 0.112. The van der Waals surface area contributed by atoms with Crippen LogP contribution in [-0.4, -0.2) is 26.0 Å². The molecule has 2 rings (SSSR count). The fraction of sp³-hybridized carbons (Fsp3) is 0.200. The van der Waals surface area contributed by atoms with Gasteiger partial charge in [0, 0.05) is 6.07 Å². The number of aldehydes is 1. The van der Waals surface area contributed by atoms with Crippen LogP contribution in [0.25, 0.3) is 5.82 Å². The maximum absolute atomic E-state index is 10.8. The van der Waals surface area contributed by atoms with Gasteiger partial charge in [-0.3, -0.25) is 4.79 Å². The molecular formula is C10H10ClN5O. The zero-order valence-electron chi connectivity index (χ0n) is 9.09. The number of anilines is 1. The molecule has 17 heavy (non-hydrogen) atoms. The minimum Gasteiger partial charge on any atom is -0.368 e. The highest BCUT2D eigenvalue weighted by atomic mass is 35.5. The van der Waals surface area contributed by atoms with Gasteiger partial charge in [0.15, 0.2) is 12.1 Å². The average Bonchev–Trinajstić information content (AvgIpc) is 2.70. The molecular weight excluding hydrogens is 242 g/mol. The fourth-order valence-corrected chi connectivity index (χ4v) is 1.75. The standard InChI is InChI=1S/C10H10ClN5O/c1-2-7-6(5-17)4-13-16(7)9-3-8(11)14-10(12)15-9/h3-5H,2H2,1H3,(H2,12,14,15). The predicted molar refractivity (Wildman–Crippen MR) is 63.3 cm³/mol. The van der Waals surface area contributed by atoms with Gasteiger partial charge in [-0.1, -0.05) is 18.5 Å². The van der Waals surface area contributed by atoms with Crippen LogP contribution in [-0.2, 0) is 6.42 Å². The van der Waals surface area contributed by atoms with Crippen LogP contribution in [0, 0.1) is 0 Å². The summed E-state index contributed by atoms with van der Waals surface area (Å²) in [6, 6.07) is 1.54. The van der Waals surface area contributed by atoms with E-state index >= 15 is 0 Å². The van der Waals surface area contributed by atoms with Crippen LogP contribution in [0.4, 0.5) is 5.95 Å². The minimum atomic E-state index is 0.0673. The summed E-state index contributed by atoms with van der Waals surface area (Å²) in [5.41, 5.74) is 6.80. The molecule has 0 fully saturated rings. The van der Waals surface area contributed by atoms with E-state index in [1.165, 1.54) is 10.9 Å². The summed E-state index contributed by atoms with van der Waals surface area (Å²) in [6.45, 7) is 1.92. The van der Waals surface area contributed by atoms with E-state index in [4.69, 9.17) is 17.3 Å². The first kappa shape index (κ1) is 11.5. The summed E-state index contributed by atoms with van der Waals surface area (Å²) in [5, 5.41) is 4.33. The Morgan fingerprint density at radius 1 is 1.53 bits per heavy atom. The van der Waals surface area contributed by atoms with Gasteiger partial charge in [-0.25, -0.2) is 9.67 Å². The first-order valence-electron chi connectivity index (χ1n) is 4.98. The Morgan fingerprint density at radius 3 is 2.88 bits per heavy atom. The third-order valence-corrected chi connectivity index (χ3v) is 2.47. The van der Waals surface area contributed by atoms with E-state index in [0.717, 1.165) is 12.0 Å². The van der Waals surface area contributed by atoms with E-state index in [1.807, 2.05) is 6.92 Å². The summed E-state index contributed by atoms with van der Waals surface area (Å²) >= 11 is 5.79. The van der Waals surface area contributed by atoms with Crippen molar-refractivity contribution < 1.29 is 4.79 Å². The number of nitrogens with zero attached hydrogens (tertiary/aromatic N) is 4. The molecule has 0 aliphatic heterocycles. The van der Waals surface area contributed by atoms with Crippen LogP contribution >= 0.6 is 11.6 Å². The maximum Gasteiger partial charge on any atom is 0.223 e. The first-order chi connectivity index (χ1) is 8.15. The van der Waals surface area contributed by atoms with E-state index in [1.54, 1.807) is 6.07 Å². The van der Waals surface area contributed by atoms with Crippen LogP contribution in [0.15, 0.2) is 12.3 Å². The van der Waals surface area contributed by atoms with E-state index < -0.39 is 0 Å². The molecule has 2 N–H and O–H groups in total. The van der Waals surface area contributed by atoms with Crippen LogP contribution in [0.5, 0.6) is 0 Å². The number of nitrogen functional groups attached to an aromatic ring is 1. The van der Waals surface area contributed by atoms with Crippen molar-refractivity contribution in [2.75, 3.05) is 5.73 Å². The number of halogens is 1. The van der Waals surface area contributed by atoms with Gasteiger partial charge in [0.25, 0.3) is 0 Å². The summed E-state index contributed by atoms with van der Waals surface area (Å²) in [6.07, 6.45) is 2.89. The second-order valence-corrected chi connectivity index (χ2v) is 3.72. The van der Waals surface area contributed by atoms with Crippen molar-refractivity contribution in [2.45, 2.75) is 13.3 Å². The Hall–Kier alpha value is -1.95. The normalized spacial score (nSPS) is 10.5. The third-order valence-electron chi connectivity index (χ3n) is 2.28. The van der Waals surface area contributed by atoms with Crippen LogP contribution in [0.3, 0.4) is 0 Å². The Kier molecular flexibility index (Phi) is 3.06. The second kappa shape index (κ2) is 4.50. The predicted octanol–water partition coefficient (Wildman–Crippen LogP) is 1.27. The molecule has 2 heterocycles. The zero-order valence-corrected chi connectivity index (χ0v) is 9.85. The molecule has 0 aliphatic rings. The topological polar surface area (TPSA) is 86.7 Å². The molecule has 2 aromatic heterocycles. The Balaban J connectivity index is 2.59. The highest BCUT2D eigenvalue weighted by Gasteiger charge is 2.12. The highest BCUT2D eigenvalue weighted by Crippen LogP contribution is 2.16. The number of nitrogens with two attached hydrogens (primary N) is 1. The van der Waals surface area contributed by atoms with Gasteiger partial charge in [0.2, 0.25) is 5.95 Å². The lowest BCUT2D eigenvalue weighted by Gasteiger charge is -2.06. The SMILES string of the molecule is CCc1c(C=O)cnn1-c1cc(Cl)nc(N)n1. The van der Waals surface area contributed by atoms with Crippen LogP contribution in [0.1, 0.15) is 23.0 Å². The molecule has 0 atom stereocenters. The van der Waals surface area contributed by atoms with Crippen molar-refractivity contribution in [3.05, 3.63) is 28.7 Å². The molecule has 7 heteroatoms. The highest BCUT2D eigenvalue weighted by molar-refractivity contribution is 6.29. The number of hydrogen-bond donors (Lipinski definition) is 1. The molecule has 0 unspecified atom stereocenters. The summed E-state index contributed by atoms with van der Waals surface area (Å²) < 4.78 is 1.54. The molecule has 88 valence electrons. The van der Waals surface area contributed by atoms with Gasteiger partial charge in [0.1, 0.15) is 5.15 Å². The van der Waals surface area contributed by atoms with Gasteiger partial charge < -0.3 is 5.73 Å². The molecule has 0 saturated heterocycles. The van der Waals surface area contributed by atoms with Crippen molar-refractivity contribution in [3.8, 4) is 5.82 Å². The van der Waals surface area contributed by atoms with Crippen molar-refractivity contribution in [3.63, 3.8) is 0 Å². The smallest absolute Gasteiger partial charge is 0.223 e. The Bertz CT molecular complexity index is 546. The summed E-state index contributed by atoms with van der Waals surface area (Å²) in [4.78, 5) is 18.6. The summed E-state index contributed by atoms with van der Waals surface area (Å²) in [5.74, 6) is 0.519. The van der Waals surface area contributed by atoms with E-state index in [9.17, 15) is 4.79 Å². The maximum atomic E-state index is 10.8. The fourth-order valence-electron chi connectivity index (χ4n) is 1.57. The third kappa shape index (κ3) is 2.12. The van der Waals surface area contributed by atoms with Gasteiger partial charge in [-0.15, -0.1) is 0 Å². The van der Waals surface area contributed by atoms with Crippen molar-refractivity contribution in [1.29, 1.82) is 0 Å². The van der Waals surface area contributed by atoms with Crippen LogP contribution in [0.2, 0.25) is 5.15 Å². The molecule has 6 nitrogen and oxygen atoms in total. The second-order valence-electron chi connectivity index (χ2n) is 3.34. The molecule has 0 saturated carbocycles. The van der Waals surface area contributed by atoms with Gasteiger partial charge in [-0.05, 0) is 6.42 Å². The van der Waals surface area contributed by atoms with E-state index in [-0.39, 0.29) is 11.1 Å². The molecule has 2 aromatic rings. The lowest BCUT2D eigenvalue weighted by Crippen LogP contribution is -2.07. The van der Waals surface area contributed by atoms with Crippen molar-refractivity contribution in [1.82, 2.24) is 19.7 Å². The van der Waals surface area contributed by atoms with Gasteiger partial charge >= 0.3 is 0 Å². The first-order valence-corrected chi connectivity index (χ1v) is 5.36. The molecule has 0 aliphatic carbocycles. The zero-order chi connectivity index (χ0) is 12.4. The van der Waals surface area contributed by atoms with Crippen LogP contribution < -0.4 is 5.73 Å². The van der Waals surface area contributed by atoms with Crippen molar-refractivity contribution >= 4 is 23.8 Å². The van der Waals surface area contributed by atoms with E-state index in [0.29, 0.717) is 17.8 Å². The monoisotopic (exact) mass is 251 g/mol. The lowest BCUT2D eigenvalue weighted by atomic mass is 10.2. The molecule has 0 bridgehead atoms. The molecule has 0 spiro atoms. The molecule has 0 amide bonds. The molecule has 0 aromatic carbocycles. The summed E-state index contributed by atoms with van der Waals surface area (Å²) in [7, 11) is 0. The molecule has 0 radical (unpaired) electrons. The Morgan fingerprint density at radius 2 is 2.29 bits per heavy atom. The van der Waals surface area contributed by atoms with E-state index in [2.05, 4.69) is 15.1 Å². The number of rotatable bonds is 3. The number of carbonyl (C=O) groups excluding carboxylic acids is 1. The van der Waals surface area contributed by atoms with Gasteiger partial charge in [0.05, 0.1) is 17.5 Å². The Labute approximate surface area is 102 Å².